The van der Waals surface area contributed by atoms with Crippen molar-refractivity contribution >= 4 is 5.97 Å². The molecule has 0 saturated carbocycles. The van der Waals surface area contributed by atoms with E-state index in [1.807, 2.05) is 7.05 Å². The average molecular weight is 432 g/mol. The van der Waals surface area contributed by atoms with Crippen molar-refractivity contribution in [1.82, 2.24) is 5.32 Å². The highest BCUT2D eigenvalue weighted by atomic mass is 16.5. The van der Waals surface area contributed by atoms with E-state index in [0.717, 1.165) is 19.4 Å². The van der Waals surface area contributed by atoms with Crippen molar-refractivity contribution in [2.24, 2.45) is 0 Å². The molecule has 32 heavy (non-hydrogen) atoms. The van der Waals surface area contributed by atoms with Crippen LogP contribution in [0, 0.1) is 0 Å². The van der Waals surface area contributed by atoms with Crippen molar-refractivity contribution in [2.45, 2.75) is 37.1 Å². The van der Waals surface area contributed by atoms with Gasteiger partial charge in [0.15, 0.2) is 6.10 Å². The number of benzene rings is 3. The van der Waals surface area contributed by atoms with Gasteiger partial charge in [0.25, 0.3) is 0 Å². The first-order valence-electron chi connectivity index (χ1n) is 11.0. The lowest BCUT2D eigenvalue weighted by Crippen LogP contribution is -2.23. The van der Waals surface area contributed by atoms with E-state index < -0.39 is 12.1 Å². The van der Waals surface area contributed by atoms with Crippen LogP contribution in [-0.4, -0.2) is 35.9 Å². The van der Waals surface area contributed by atoms with Crippen LogP contribution in [0.5, 0.6) is 0 Å². The Labute approximate surface area is 188 Å². The van der Waals surface area contributed by atoms with Gasteiger partial charge in [0.2, 0.25) is 0 Å². The lowest BCUT2D eigenvalue weighted by atomic mass is 9.87. The number of carbonyl (C=O) groups is 1. The zero-order valence-electron chi connectivity index (χ0n) is 18.1. The number of carboxylic acids is 1. The summed E-state index contributed by atoms with van der Waals surface area (Å²) in [5, 5.41) is 20.6. The number of ether oxygens (including phenoxy) is 1. The maximum Gasteiger partial charge on any atom is 0.337 e. The zero-order chi connectivity index (χ0) is 22.5. The molecule has 4 atom stereocenters. The minimum atomic E-state index is -1.41. The van der Waals surface area contributed by atoms with E-state index in [0.29, 0.717) is 17.6 Å². The molecule has 1 saturated heterocycles. The van der Waals surface area contributed by atoms with Crippen LogP contribution < -0.4 is 5.32 Å². The standard InChI is InChI=1S/C19H21NO.C8H8O3/c1-20-12-15-11-18-16-8-4-2-6-13(16)10-14-7-3-5-9-17(14)19(18)21-15;9-7(8(10)11)6-4-2-1-3-5-6/h2-9,15,18-20H,10-12H2,1H3;1-5,7,9H,(H,10,11). The fraction of sp³-hybridized carbons (Fsp3) is 0.296. The predicted molar refractivity (Wildman–Crippen MR) is 124 cm³/mol. The largest absolute Gasteiger partial charge is 0.479 e. The van der Waals surface area contributed by atoms with Gasteiger partial charge >= 0.3 is 5.97 Å². The van der Waals surface area contributed by atoms with Crippen molar-refractivity contribution in [2.75, 3.05) is 13.6 Å². The van der Waals surface area contributed by atoms with Crippen molar-refractivity contribution < 1.29 is 19.7 Å². The molecular formula is C27H29NO4. The minimum absolute atomic E-state index is 0.211. The molecule has 1 aliphatic heterocycles. The average Bonchev–Trinajstić information content (AvgIpc) is 3.18. The highest BCUT2D eigenvalue weighted by molar-refractivity contribution is 5.73. The Bertz CT molecular complexity index is 999. The van der Waals surface area contributed by atoms with Gasteiger partial charge in [-0.2, -0.15) is 0 Å². The SMILES string of the molecule is CNCC1CC2c3ccccc3Cc3ccccc3C2O1.O=C(O)C(O)c1ccccc1. The summed E-state index contributed by atoms with van der Waals surface area (Å²) in [4.78, 5) is 10.2. The first-order valence-corrected chi connectivity index (χ1v) is 11.0. The van der Waals surface area contributed by atoms with Gasteiger partial charge in [0, 0.05) is 12.5 Å². The number of carboxylic acid groups (broad SMARTS) is 1. The van der Waals surface area contributed by atoms with Gasteiger partial charge in [-0.15, -0.1) is 0 Å². The van der Waals surface area contributed by atoms with Gasteiger partial charge in [-0.1, -0.05) is 78.9 Å². The molecule has 0 amide bonds. The van der Waals surface area contributed by atoms with Crippen LogP contribution in [0.1, 0.15) is 52.4 Å². The molecule has 5 rings (SSSR count). The number of aliphatic hydroxyl groups is 1. The van der Waals surface area contributed by atoms with Crippen molar-refractivity contribution in [1.29, 1.82) is 0 Å². The summed E-state index contributed by atoms with van der Waals surface area (Å²) in [6.07, 6.45) is 1.25. The van der Waals surface area contributed by atoms with Gasteiger partial charge in [-0.3, -0.25) is 0 Å². The molecule has 166 valence electrons. The topological polar surface area (TPSA) is 78.8 Å². The highest BCUT2D eigenvalue weighted by Gasteiger charge is 2.40. The van der Waals surface area contributed by atoms with Gasteiger partial charge in [0.1, 0.15) is 0 Å². The molecule has 5 heteroatoms. The lowest BCUT2D eigenvalue weighted by Gasteiger charge is -2.19. The van der Waals surface area contributed by atoms with E-state index in [2.05, 4.69) is 53.8 Å². The second-order valence-corrected chi connectivity index (χ2v) is 8.30. The second kappa shape index (κ2) is 10.1. The second-order valence-electron chi connectivity index (χ2n) is 8.30. The quantitative estimate of drug-likeness (QED) is 0.576. The van der Waals surface area contributed by atoms with Crippen molar-refractivity contribution in [3.63, 3.8) is 0 Å². The summed E-state index contributed by atoms with van der Waals surface area (Å²) in [6.45, 7) is 0.928. The van der Waals surface area contributed by atoms with Crippen molar-refractivity contribution in [3.05, 3.63) is 107 Å². The van der Waals surface area contributed by atoms with Crippen LogP contribution in [0.2, 0.25) is 0 Å². The first kappa shape index (κ1) is 22.2. The summed E-state index contributed by atoms with van der Waals surface area (Å²) < 4.78 is 6.41. The molecule has 4 unspecified atom stereocenters. The molecule has 2 aliphatic rings. The van der Waals surface area contributed by atoms with E-state index in [1.54, 1.807) is 30.3 Å². The predicted octanol–water partition coefficient (Wildman–Crippen LogP) is 4.23. The normalized spacial score (nSPS) is 21.8. The summed E-state index contributed by atoms with van der Waals surface area (Å²) in [7, 11) is 2.00. The molecule has 1 fully saturated rings. The smallest absolute Gasteiger partial charge is 0.337 e. The molecule has 3 N–H and O–H groups in total. The van der Waals surface area contributed by atoms with E-state index in [9.17, 15) is 4.79 Å². The summed E-state index contributed by atoms with van der Waals surface area (Å²) in [5.41, 5.74) is 6.16. The lowest BCUT2D eigenvalue weighted by molar-refractivity contribution is -0.146. The molecule has 0 aromatic heterocycles. The Balaban J connectivity index is 0.000000189. The Morgan fingerprint density at radius 3 is 2.22 bits per heavy atom. The Hall–Kier alpha value is -2.99. The number of rotatable bonds is 4. The first-order chi connectivity index (χ1) is 15.6. The number of fused-ring (bicyclic) bond motifs is 5. The molecule has 0 bridgehead atoms. The summed E-state index contributed by atoms with van der Waals surface area (Å²) in [6, 6.07) is 25.9. The number of nitrogens with one attached hydrogen (secondary N) is 1. The third-order valence-corrected chi connectivity index (χ3v) is 6.20. The van der Waals surface area contributed by atoms with Crippen LogP contribution in [-0.2, 0) is 16.0 Å². The number of hydrogen-bond donors (Lipinski definition) is 3. The van der Waals surface area contributed by atoms with E-state index in [4.69, 9.17) is 14.9 Å². The molecule has 3 aromatic rings. The van der Waals surface area contributed by atoms with Gasteiger partial charge in [-0.25, -0.2) is 4.79 Å². The van der Waals surface area contributed by atoms with Crippen LogP contribution >= 0.6 is 0 Å². The molecule has 0 spiro atoms. The zero-order valence-corrected chi connectivity index (χ0v) is 18.1. The number of aliphatic hydroxyl groups excluding tert-OH is 1. The van der Waals surface area contributed by atoms with Crippen LogP contribution in [0.15, 0.2) is 78.9 Å². The van der Waals surface area contributed by atoms with Crippen molar-refractivity contribution in [3.8, 4) is 0 Å². The van der Waals surface area contributed by atoms with Crippen LogP contribution in [0.25, 0.3) is 0 Å². The van der Waals surface area contributed by atoms with Gasteiger partial charge < -0.3 is 20.3 Å². The summed E-state index contributed by atoms with van der Waals surface area (Å²) >= 11 is 0. The van der Waals surface area contributed by atoms with E-state index >= 15 is 0 Å². The fourth-order valence-corrected chi connectivity index (χ4v) is 4.72. The third-order valence-electron chi connectivity index (χ3n) is 6.20. The number of aliphatic carboxylic acids is 1. The summed E-state index contributed by atoms with van der Waals surface area (Å²) in [5.74, 6) is -0.737. The maximum atomic E-state index is 10.2. The number of hydrogen-bond acceptors (Lipinski definition) is 4. The molecular weight excluding hydrogens is 402 g/mol. The van der Waals surface area contributed by atoms with E-state index in [1.165, 1.54) is 22.3 Å². The fourth-order valence-electron chi connectivity index (χ4n) is 4.72. The molecule has 5 nitrogen and oxygen atoms in total. The minimum Gasteiger partial charge on any atom is -0.479 e. The van der Waals surface area contributed by atoms with Crippen LogP contribution in [0.4, 0.5) is 0 Å². The third kappa shape index (κ3) is 4.75. The molecule has 1 heterocycles. The highest BCUT2D eigenvalue weighted by Crippen LogP contribution is 2.48. The molecule has 0 radical (unpaired) electrons. The Morgan fingerprint density at radius 2 is 1.56 bits per heavy atom. The molecule has 3 aromatic carbocycles. The Morgan fingerprint density at radius 1 is 0.969 bits per heavy atom. The molecule has 1 aliphatic carbocycles. The monoisotopic (exact) mass is 431 g/mol. The van der Waals surface area contributed by atoms with Crippen LogP contribution in [0.3, 0.4) is 0 Å². The van der Waals surface area contributed by atoms with Gasteiger partial charge in [-0.05, 0) is 47.7 Å². The maximum absolute atomic E-state index is 10.2. The Kier molecular flexibility index (Phi) is 7.00. The van der Waals surface area contributed by atoms with E-state index in [-0.39, 0.29) is 6.10 Å². The number of likely N-dealkylation sites (N-methyl/N-ethyl adjacent to an activating group) is 1. The van der Waals surface area contributed by atoms with Gasteiger partial charge in [0.05, 0.1) is 12.2 Å².